The number of hydrogen-bond donors (Lipinski definition) is 1. The maximum Gasteiger partial charge on any atom is 0.420 e. The highest BCUT2D eigenvalue weighted by atomic mass is 16.4. The Morgan fingerprint density at radius 2 is 1.90 bits per heavy atom. The molecule has 0 radical (unpaired) electrons. The number of rotatable bonds is 7. The van der Waals surface area contributed by atoms with E-state index in [-0.39, 0.29) is 18.5 Å². The number of fused-ring (bicyclic) bond motifs is 1. The second-order valence-electron chi connectivity index (χ2n) is 7.72. The van der Waals surface area contributed by atoms with Gasteiger partial charge in [0.2, 0.25) is 5.91 Å². The van der Waals surface area contributed by atoms with Crippen LogP contribution in [0.3, 0.4) is 0 Å². The average molecular weight is 393 g/mol. The summed E-state index contributed by atoms with van der Waals surface area (Å²) in [6, 6.07) is 17.8. The van der Waals surface area contributed by atoms with E-state index in [1.807, 2.05) is 18.2 Å². The van der Waals surface area contributed by atoms with Crippen LogP contribution in [0.2, 0.25) is 0 Å². The van der Waals surface area contributed by atoms with E-state index in [0.717, 1.165) is 45.3 Å². The van der Waals surface area contributed by atoms with Crippen molar-refractivity contribution in [3.8, 4) is 0 Å². The number of piperidine rings is 1. The van der Waals surface area contributed by atoms with Gasteiger partial charge < -0.3 is 14.6 Å². The third-order valence-electron chi connectivity index (χ3n) is 5.53. The van der Waals surface area contributed by atoms with Gasteiger partial charge in [-0.3, -0.25) is 9.36 Å². The average Bonchev–Trinajstić information content (AvgIpc) is 3.04. The third kappa shape index (κ3) is 4.95. The summed E-state index contributed by atoms with van der Waals surface area (Å²) in [7, 11) is 0. The van der Waals surface area contributed by atoms with Crippen molar-refractivity contribution in [1.29, 1.82) is 0 Å². The summed E-state index contributed by atoms with van der Waals surface area (Å²) < 4.78 is 6.60. The molecule has 3 aromatic rings. The van der Waals surface area contributed by atoms with Gasteiger partial charge in [0, 0.05) is 12.6 Å². The van der Waals surface area contributed by atoms with Gasteiger partial charge in [-0.2, -0.15) is 0 Å². The molecule has 1 unspecified atom stereocenters. The van der Waals surface area contributed by atoms with Crippen molar-refractivity contribution in [3.63, 3.8) is 0 Å². The van der Waals surface area contributed by atoms with Crippen LogP contribution in [0.15, 0.2) is 63.8 Å². The van der Waals surface area contributed by atoms with Crippen molar-refractivity contribution in [2.24, 2.45) is 0 Å². The first-order valence-corrected chi connectivity index (χ1v) is 10.3. The van der Waals surface area contributed by atoms with E-state index in [1.165, 1.54) is 10.1 Å². The summed E-state index contributed by atoms with van der Waals surface area (Å²) in [5.41, 5.74) is 2.53. The van der Waals surface area contributed by atoms with E-state index in [2.05, 4.69) is 34.5 Å². The van der Waals surface area contributed by atoms with Crippen molar-refractivity contribution >= 4 is 17.0 Å². The molecule has 4 rings (SSSR count). The number of aromatic nitrogens is 1. The smallest absolute Gasteiger partial charge is 0.408 e. The molecule has 29 heavy (non-hydrogen) atoms. The first-order chi connectivity index (χ1) is 14.2. The van der Waals surface area contributed by atoms with Gasteiger partial charge in [-0.05, 0) is 56.5 Å². The van der Waals surface area contributed by atoms with E-state index < -0.39 is 5.76 Å². The van der Waals surface area contributed by atoms with Crippen molar-refractivity contribution < 1.29 is 9.21 Å². The zero-order chi connectivity index (χ0) is 20.1. The predicted molar refractivity (Wildman–Crippen MR) is 113 cm³/mol. The Kier molecular flexibility index (Phi) is 6.10. The number of hydrogen-bond acceptors (Lipinski definition) is 4. The molecule has 1 aliphatic heterocycles. The minimum Gasteiger partial charge on any atom is -0.408 e. The quantitative estimate of drug-likeness (QED) is 0.670. The largest absolute Gasteiger partial charge is 0.420 e. The molecule has 0 aliphatic carbocycles. The molecular weight excluding hydrogens is 366 g/mol. The number of nitrogens with zero attached hydrogens (tertiary/aromatic N) is 2. The number of amides is 1. The van der Waals surface area contributed by atoms with Crippen LogP contribution in [0.4, 0.5) is 0 Å². The minimum absolute atomic E-state index is 0.0135. The minimum atomic E-state index is -0.493. The zero-order valence-corrected chi connectivity index (χ0v) is 16.5. The van der Waals surface area contributed by atoms with E-state index in [0.29, 0.717) is 11.1 Å². The highest BCUT2D eigenvalue weighted by Gasteiger charge is 2.22. The Bertz CT molecular complexity index is 1010. The second-order valence-corrected chi connectivity index (χ2v) is 7.72. The summed E-state index contributed by atoms with van der Waals surface area (Å²) in [6.45, 7) is 2.96. The lowest BCUT2D eigenvalue weighted by Gasteiger charge is -2.33. The van der Waals surface area contributed by atoms with Gasteiger partial charge in [0.1, 0.15) is 6.54 Å². The summed E-state index contributed by atoms with van der Waals surface area (Å²) in [5.74, 6) is -0.637. The van der Waals surface area contributed by atoms with Crippen LogP contribution < -0.4 is 11.1 Å². The molecule has 2 heterocycles. The van der Waals surface area contributed by atoms with E-state index in [4.69, 9.17) is 4.42 Å². The first kappa shape index (κ1) is 19.5. The highest BCUT2D eigenvalue weighted by Crippen LogP contribution is 2.13. The van der Waals surface area contributed by atoms with Gasteiger partial charge >= 0.3 is 5.76 Å². The van der Waals surface area contributed by atoms with Gasteiger partial charge in [0.15, 0.2) is 5.58 Å². The molecular formula is C23H27N3O3. The van der Waals surface area contributed by atoms with Crippen LogP contribution in [-0.2, 0) is 17.8 Å². The van der Waals surface area contributed by atoms with E-state index in [9.17, 15) is 9.59 Å². The van der Waals surface area contributed by atoms with Crippen LogP contribution in [-0.4, -0.2) is 41.1 Å². The summed E-state index contributed by atoms with van der Waals surface area (Å²) in [4.78, 5) is 27.0. The lowest BCUT2D eigenvalue weighted by Crippen LogP contribution is -2.49. The number of carbonyl (C=O) groups excluding carboxylic acids is 1. The van der Waals surface area contributed by atoms with Crippen molar-refractivity contribution in [3.05, 3.63) is 70.7 Å². The number of aryl methyl sites for hydroxylation is 1. The van der Waals surface area contributed by atoms with Crippen LogP contribution in [0.1, 0.15) is 24.8 Å². The number of para-hydroxylation sites is 2. The predicted octanol–water partition coefficient (Wildman–Crippen LogP) is 2.81. The lowest BCUT2D eigenvalue weighted by atomic mass is 10.0. The molecule has 1 saturated heterocycles. The molecule has 152 valence electrons. The molecule has 6 nitrogen and oxygen atoms in total. The Morgan fingerprint density at radius 3 is 2.76 bits per heavy atom. The monoisotopic (exact) mass is 393 g/mol. The number of likely N-dealkylation sites (tertiary alicyclic amines) is 1. The molecule has 1 aliphatic rings. The Hall–Kier alpha value is -2.86. The third-order valence-corrected chi connectivity index (χ3v) is 5.53. The SMILES string of the molecule is O=C(Cn1c(=O)oc2ccccc21)NC1CCCN(CCCc2ccccc2)C1. The molecule has 6 heteroatoms. The van der Waals surface area contributed by atoms with E-state index in [1.54, 1.807) is 12.1 Å². The number of carbonyl (C=O) groups is 1. The summed E-state index contributed by atoms with van der Waals surface area (Å²) in [6.07, 6.45) is 4.23. The molecule has 0 saturated carbocycles. The molecule has 1 N–H and O–H groups in total. The standard InChI is InChI=1S/C23H27N3O3/c27-22(17-26-20-12-4-5-13-21(20)29-23(26)28)24-19-11-7-15-25(16-19)14-6-10-18-8-2-1-3-9-18/h1-5,8-9,12-13,19H,6-7,10-11,14-17H2,(H,24,27). The fourth-order valence-electron chi connectivity index (χ4n) is 4.11. The first-order valence-electron chi connectivity index (χ1n) is 10.3. The molecule has 1 fully saturated rings. The van der Waals surface area contributed by atoms with E-state index >= 15 is 0 Å². The summed E-state index contributed by atoms with van der Waals surface area (Å²) >= 11 is 0. The number of oxazole rings is 1. The Morgan fingerprint density at radius 1 is 1.10 bits per heavy atom. The molecule has 2 aromatic carbocycles. The molecule has 1 amide bonds. The topological polar surface area (TPSA) is 67.5 Å². The van der Waals surface area contributed by atoms with Gasteiger partial charge in [0.05, 0.1) is 5.52 Å². The van der Waals surface area contributed by atoms with Crippen LogP contribution in [0.5, 0.6) is 0 Å². The van der Waals surface area contributed by atoms with Gasteiger partial charge in [-0.1, -0.05) is 42.5 Å². The van der Waals surface area contributed by atoms with Gasteiger partial charge in [0.25, 0.3) is 0 Å². The van der Waals surface area contributed by atoms with Crippen molar-refractivity contribution in [2.45, 2.75) is 38.3 Å². The normalized spacial score (nSPS) is 17.4. The number of benzene rings is 2. The van der Waals surface area contributed by atoms with Crippen molar-refractivity contribution in [2.75, 3.05) is 19.6 Å². The van der Waals surface area contributed by atoms with Crippen LogP contribution in [0.25, 0.3) is 11.1 Å². The van der Waals surface area contributed by atoms with Crippen LogP contribution >= 0.6 is 0 Å². The van der Waals surface area contributed by atoms with Crippen molar-refractivity contribution in [1.82, 2.24) is 14.8 Å². The zero-order valence-electron chi connectivity index (χ0n) is 16.5. The number of nitrogens with one attached hydrogen (secondary N) is 1. The van der Waals surface area contributed by atoms with Crippen LogP contribution in [0, 0.1) is 0 Å². The lowest BCUT2D eigenvalue weighted by molar-refractivity contribution is -0.122. The Labute approximate surface area is 170 Å². The summed E-state index contributed by atoms with van der Waals surface area (Å²) in [5, 5.41) is 3.11. The fourth-order valence-corrected chi connectivity index (χ4v) is 4.11. The molecule has 1 atom stereocenters. The molecule has 1 aromatic heterocycles. The maximum atomic E-state index is 12.5. The second kappa shape index (κ2) is 9.09. The molecule has 0 spiro atoms. The molecule has 0 bridgehead atoms. The highest BCUT2D eigenvalue weighted by molar-refractivity contribution is 5.79. The Balaban J connectivity index is 1.28. The van der Waals surface area contributed by atoms with Gasteiger partial charge in [-0.25, -0.2) is 4.79 Å². The van der Waals surface area contributed by atoms with Gasteiger partial charge in [-0.15, -0.1) is 0 Å². The fraction of sp³-hybridized carbons (Fsp3) is 0.391. The maximum absolute atomic E-state index is 12.5.